The fraction of sp³-hybridized carbons (Fsp3) is 0.240. The summed E-state index contributed by atoms with van der Waals surface area (Å²) in [6.07, 6.45) is 5.52. The molecule has 4 heterocycles. The molecule has 1 atom stereocenters. The first kappa shape index (κ1) is 22.9. The summed E-state index contributed by atoms with van der Waals surface area (Å²) >= 11 is 6.13. The summed E-state index contributed by atoms with van der Waals surface area (Å²) < 4.78 is 17.2. The van der Waals surface area contributed by atoms with Crippen molar-refractivity contribution in [2.45, 2.75) is 32.7 Å². The molecule has 0 fully saturated rings. The first-order valence-corrected chi connectivity index (χ1v) is 11.5. The second-order valence-electron chi connectivity index (χ2n) is 8.60. The van der Waals surface area contributed by atoms with Crippen molar-refractivity contribution in [1.82, 2.24) is 24.7 Å². The number of pyridine rings is 1. The molecular formula is C25H23ClFN7O. The number of aryl methyl sites for hydroxylation is 2. The molecule has 3 aromatic heterocycles. The predicted octanol–water partition coefficient (Wildman–Crippen LogP) is 4.64. The number of hydrogen-bond acceptors (Lipinski definition) is 6. The van der Waals surface area contributed by atoms with Gasteiger partial charge in [-0.1, -0.05) is 17.7 Å². The van der Waals surface area contributed by atoms with E-state index in [2.05, 4.69) is 25.4 Å². The third kappa shape index (κ3) is 4.35. The van der Waals surface area contributed by atoms with E-state index in [9.17, 15) is 4.79 Å². The van der Waals surface area contributed by atoms with Crippen LogP contribution in [0.3, 0.4) is 0 Å². The van der Waals surface area contributed by atoms with Gasteiger partial charge in [0, 0.05) is 37.1 Å². The van der Waals surface area contributed by atoms with Gasteiger partial charge >= 0.3 is 0 Å². The molecule has 1 amide bonds. The zero-order valence-corrected chi connectivity index (χ0v) is 20.2. The molecule has 1 aliphatic heterocycles. The molecule has 0 spiro atoms. The maximum atomic E-state index is 15.5. The van der Waals surface area contributed by atoms with E-state index in [0.29, 0.717) is 34.9 Å². The van der Waals surface area contributed by atoms with Gasteiger partial charge < -0.3 is 10.2 Å². The second-order valence-corrected chi connectivity index (χ2v) is 8.96. The van der Waals surface area contributed by atoms with E-state index in [-0.39, 0.29) is 23.5 Å². The summed E-state index contributed by atoms with van der Waals surface area (Å²) in [7, 11) is 1.81. The normalized spacial score (nSPS) is 14.8. The lowest BCUT2D eigenvalue weighted by atomic mass is 10.0. The summed E-state index contributed by atoms with van der Waals surface area (Å²) in [5.74, 6) is 0.426. The molecule has 0 saturated carbocycles. The maximum Gasteiger partial charge on any atom is 0.231 e. The van der Waals surface area contributed by atoms with Crippen LogP contribution in [-0.4, -0.2) is 36.7 Å². The van der Waals surface area contributed by atoms with Crippen LogP contribution in [0.15, 0.2) is 48.9 Å². The first-order chi connectivity index (χ1) is 16.8. The number of fused-ring (bicyclic) bond motifs is 1. The maximum absolute atomic E-state index is 15.5. The fourth-order valence-electron chi connectivity index (χ4n) is 4.42. The second kappa shape index (κ2) is 9.07. The highest BCUT2D eigenvalue weighted by atomic mass is 35.5. The minimum atomic E-state index is -0.466. The average molecular weight is 492 g/mol. The van der Waals surface area contributed by atoms with E-state index < -0.39 is 5.82 Å². The third-order valence-electron chi connectivity index (χ3n) is 6.09. The Hall–Kier alpha value is -3.85. The smallest absolute Gasteiger partial charge is 0.231 e. The fourth-order valence-corrected chi connectivity index (χ4v) is 4.61. The number of benzene rings is 1. The zero-order valence-electron chi connectivity index (χ0n) is 19.5. The van der Waals surface area contributed by atoms with Gasteiger partial charge in [-0.05, 0) is 55.2 Å². The van der Waals surface area contributed by atoms with Crippen LogP contribution in [0.25, 0.3) is 11.3 Å². The van der Waals surface area contributed by atoms with Gasteiger partial charge in [0.25, 0.3) is 0 Å². The van der Waals surface area contributed by atoms with Crippen molar-refractivity contribution in [3.05, 3.63) is 76.6 Å². The van der Waals surface area contributed by atoms with Crippen LogP contribution in [0.2, 0.25) is 5.15 Å². The molecule has 1 N–H and O–H groups in total. The van der Waals surface area contributed by atoms with Gasteiger partial charge in [0.2, 0.25) is 11.9 Å². The summed E-state index contributed by atoms with van der Waals surface area (Å²) in [6.45, 7) is 3.79. The Morgan fingerprint density at radius 3 is 2.83 bits per heavy atom. The van der Waals surface area contributed by atoms with Crippen molar-refractivity contribution in [2.75, 3.05) is 10.2 Å². The van der Waals surface area contributed by atoms with Crippen molar-refractivity contribution >= 4 is 35.0 Å². The van der Waals surface area contributed by atoms with Gasteiger partial charge in [0.05, 0.1) is 24.0 Å². The Balaban J connectivity index is 1.47. The Labute approximate surface area is 206 Å². The van der Waals surface area contributed by atoms with Gasteiger partial charge in [-0.15, -0.1) is 0 Å². The van der Waals surface area contributed by atoms with Crippen LogP contribution < -0.4 is 10.2 Å². The lowest BCUT2D eigenvalue weighted by Crippen LogP contribution is -2.37. The van der Waals surface area contributed by atoms with Crippen LogP contribution in [0, 0.1) is 12.7 Å². The molecule has 0 aliphatic carbocycles. The predicted molar refractivity (Wildman–Crippen MR) is 132 cm³/mol. The van der Waals surface area contributed by atoms with Crippen LogP contribution >= 0.6 is 11.6 Å². The first-order valence-electron chi connectivity index (χ1n) is 11.1. The molecule has 0 radical (unpaired) electrons. The van der Waals surface area contributed by atoms with Crippen molar-refractivity contribution < 1.29 is 9.18 Å². The highest BCUT2D eigenvalue weighted by Crippen LogP contribution is 2.39. The minimum Gasteiger partial charge on any atom is -0.309 e. The van der Waals surface area contributed by atoms with Crippen LogP contribution in [0.1, 0.15) is 23.6 Å². The highest BCUT2D eigenvalue weighted by Gasteiger charge is 2.34. The van der Waals surface area contributed by atoms with Gasteiger partial charge in [-0.2, -0.15) is 5.10 Å². The van der Waals surface area contributed by atoms with Crippen LogP contribution in [0.5, 0.6) is 0 Å². The number of carbonyl (C=O) groups excluding carboxylic acids is 1. The molecule has 5 rings (SSSR count). The molecule has 35 heavy (non-hydrogen) atoms. The van der Waals surface area contributed by atoms with Gasteiger partial charge in [-0.25, -0.2) is 19.3 Å². The van der Waals surface area contributed by atoms with Crippen molar-refractivity contribution in [3.8, 4) is 11.3 Å². The van der Waals surface area contributed by atoms with Gasteiger partial charge in [0.15, 0.2) is 0 Å². The SMILES string of the molecule is Cc1cnc(Nc2ccnn2C)nc1-c1cc(F)c2c(c1)CC(C)N2C(=O)Cc1cccnc1Cl. The number of amides is 1. The van der Waals surface area contributed by atoms with Crippen LogP contribution in [0.4, 0.5) is 21.8 Å². The summed E-state index contributed by atoms with van der Waals surface area (Å²) in [5.41, 5.74) is 3.74. The minimum absolute atomic E-state index is 0.0473. The number of carbonyl (C=O) groups is 1. The number of nitrogens with zero attached hydrogens (tertiary/aromatic N) is 6. The third-order valence-corrected chi connectivity index (χ3v) is 6.43. The molecular weight excluding hydrogens is 469 g/mol. The summed E-state index contributed by atoms with van der Waals surface area (Å²) in [4.78, 5) is 27.7. The number of nitrogens with one attached hydrogen (secondary N) is 1. The van der Waals surface area contributed by atoms with Crippen molar-refractivity contribution in [3.63, 3.8) is 0 Å². The zero-order chi connectivity index (χ0) is 24.7. The van der Waals surface area contributed by atoms with Crippen molar-refractivity contribution in [2.24, 2.45) is 7.05 Å². The van der Waals surface area contributed by atoms with Gasteiger partial charge in [0.1, 0.15) is 16.8 Å². The Morgan fingerprint density at radius 2 is 2.09 bits per heavy atom. The average Bonchev–Trinajstić information content (AvgIpc) is 3.38. The molecule has 10 heteroatoms. The monoisotopic (exact) mass is 491 g/mol. The molecule has 4 aromatic rings. The van der Waals surface area contributed by atoms with E-state index in [1.54, 1.807) is 35.4 Å². The largest absolute Gasteiger partial charge is 0.309 e. The number of halogens is 2. The van der Waals surface area contributed by atoms with E-state index in [1.807, 2.05) is 33.0 Å². The molecule has 0 saturated heterocycles. The van der Waals surface area contributed by atoms with E-state index >= 15 is 4.39 Å². The molecule has 1 aliphatic rings. The van der Waals surface area contributed by atoms with E-state index in [0.717, 1.165) is 16.9 Å². The number of rotatable bonds is 5. The standard InChI is InChI=1S/C25H23ClFN7O/c1-14-13-29-25(31-20-6-8-30-33(20)3)32-22(14)17-10-18-9-15(2)34(23(18)19(27)11-17)21(35)12-16-5-4-7-28-24(16)26/h4-8,10-11,13,15H,9,12H2,1-3H3,(H,29,31,32). The van der Waals surface area contributed by atoms with E-state index in [1.165, 1.54) is 11.0 Å². The van der Waals surface area contributed by atoms with Crippen molar-refractivity contribution in [1.29, 1.82) is 0 Å². The molecule has 8 nitrogen and oxygen atoms in total. The summed E-state index contributed by atoms with van der Waals surface area (Å²) in [5, 5.41) is 7.53. The summed E-state index contributed by atoms with van der Waals surface area (Å²) in [6, 6.07) is 8.43. The topological polar surface area (TPSA) is 88.8 Å². The Morgan fingerprint density at radius 1 is 1.26 bits per heavy atom. The number of anilines is 3. The quantitative estimate of drug-likeness (QED) is 0.409. The molecule has 178 valence electrons. The Bertz CT molecular complexity index is 1440. The van der Waals surface area contributed by atoms with E-state index in [4.69, 9.17) is 11.6 Å². The lowest BCUT2D eigenvalue weighted by molar-refractivity contribution is -0.118. The highest BCUT2D eigenvalue weighted by molar-refractivity contribution is 6.30. The Kier molecular flexibility index (Phi) is 5.94. The molecule has 1 aromatic carbocycles. The molecule has 0 bridgehead atoms. The van der Waals surface area contributed by atoms with Gasteiger partial charge in [-0.3, -0.25) is 9.48 Å². The number of hydrogen-bond donors (Lipinski definition) is 1. The lowest BCUT2D eigenvalue weighted by Gasteiger charge is -2.23. The van der Waals surface area contributed by atoms with Crippen LogP contribution in [-0.2, 0) is 24.7 Å². The number of aromatic nitrogens is 5. The molecule has 1 unspecified atom stereocenters.